The highest BCUT2D eigenvalue weighted by atomic mass is 14.4. The van der Waals surface area contributed by atoms with Gasteiger partial charge < -0.3 is 0 Å². The Morgan fingerprint density at radius 1 is 0.656 bits per heavy atom. The van der Waals surface area contributed by atoms with Crippen molar-refractivity contribution in [1.29, 1.82) is 0 Å². The van der Waals surface area contributed by atoms with Crippen LogP contribution in [0.4, 0.5) is 0 Å². The maximum atomic E-state index is 4.19. The van der Waals surface area contributed by atoms with Crippen LogP contribution in [0.15, 0.2) is 97.6 Å². The standard InChI is InChI=1S/C32H28/c1-4-21(2)32(3,26-15-13-24-17-22-9-5-7-11-28(22)30(24)19-26)27-16-14-25-18-23-10-6-8-12-29(23)31(25)20-27/h4-16,19-21H,1,17-18H2,2-3H3. The number of hydrogen-bond acceptors (Lipinski definition) is 0. The smallest absolute Gasteiger partial charge is 0.0234 e. The second kappa shape index (κ2) is 7.07. The molecule has 0 bridgehead atoms. The average molecular weight is 413 g/mol. The molecule has 2 aliphatic carbocycles. The van der Waals surface area contributed by atoms with Gasteiger partial charge in [0.1, 0.15) is 0 Å². The van der Waals surface area contributed by atoms with Crippen molar-refractivity contribution in [2.45, 2.75) is 32.1 Å². The summed E-state index contributed by atoms with van der Waals surface area (Å²) in [5.74, 6) is 0.298. The van der Waals surface area contributed by atoms with Crippen LogP contribution in [0.3, 0.4) is 0 Å². The summed E-state index contributed by atoms with van der Waals surface area (Å²) in [6, 6.07) is 32.0. The molecule has 32 heavy (non-hydrogen) atoms. The molecule has 1 atom stereocenters. The van der Waals surface area contributed by atoms with Gasteiger partial charge in [-0.05, 0) is 86.5 Å². The molecule has 0 N–H and O–H groups in total. The molecule has 0 saturated heterocycles. The lowest BCUT2D eigenvalue weighted by atomic mass is 9.67. The van der Waals surface area contributed by atoms with E-state index < -0.39 is 0 Å². The van der Waals surface area contributed by atoms with E-state index in [1.54, 1.807) is 0 Å². The summed E-state index contributed by atoms with van der Waals surface area (Å²) in [5, 5.41) is 0. The lowest BCUT2D eigenvalue weighted by Gasteiger charge is -2.36. The maximum absolute atomic E-state index is 4.19. The highest BCUT2D eigenvalue weighted by Gasteiger charge is 2.36. The molecule has 6 rings (SSSR count). The molecule has 0 nitrogen and oxygen atoms in total. The van der Waals surface area contributed by atoms with E-state index in [1.807, 2.05) is 0 Å². The summed E-state index contributed by atoms with van der Waals surface area (Å²) >= 11 is 0. The zero-order chi connectivity index (χ0) is 21.9. The summed E-state index contributed by atoms with van der Waals surface area (Å²) in [4.78, 5) is 0. The highest BCUT2D eigenvalue weighted by molar-refractivity contribution is 5.79. The van der Waals surface area contributed by atoms with Crippen molar-refractivity contribution in [3.63, 3.8) is 0 Å². The molecule has 0 heterocycles. The van der Waals surface area contributed by atoms with Crippen molar-refractivity contribution in [3.05, 3.63) is 131 Å². The third kappa shape index (κ3) is 2.69. The molecule has 2 aliphatic rings. The summed E-state index contributed by atoms with van der Waals surface area (Å²) < 4.78 is 0. The predicted molar refractivity (Wildman–Crippen MR) is 135 cm³/mol. The second-order valence-electron chi connectivity index (χ2n) is 9.64. The van der Waals surface area contributed by atoms with Gasteiger partial charge in [-0.25, -0.2) is 0 Å². The largest absolute Gasteiger partial charge is 0.103 e. The van der Waals surface area contributed by atoms with Crippen LogP contribution in [-0.4, -0.2) is 0 Å². The molecule has 4 aromatic rings. The topological polar surface area (TPSA) is 0 Å². The Bertz CT molecular complexity index is 1270. The molecule has 0 amide bonds. The third-order valence-electron chi connectivity index (χ3n) is 8.06. The lowest BCUT2D eigenvalue weighted by molar-refractivity contribution is 0.446. The molecule has 0 saturated carbocycles. The Hall–Kier alpha value is -3.38. The molecule has 4 aromatic carbocycles. The molecule has 0 radical (unpaired) electrons. The van der Waals surface area contributed by atoms with Gasteiger partial charge in [0.25, 0.3) is 0 Å². The van der Waals surface area contributed by atoms with Gasteiger partial charge >= 0.3 is 0 Å². The predicted octanol–water partition coefficient (Wildman–Crippen LogP) is 7.96. The van der Waals surface area contributed by atoms with E-state index in [4.69, 9.17) is 0 Å². The first-order valence-electron chi connectivity index (χ1n) is 11.7. The van der Waals surface area contributed by atoms with Crippen LogP contribution < -0.4 is 0 Å². The van der Waals surface area contributed by atoms with Crippen LogP contribution in [0.1, 0.15) is 47.2 Å². The molecule has 1 unspecified atom stereocenters. The molecule has 0 aromatic heterocycles. The number of hydrogen-bond donors (Lipinski definition) is 0. The third-order valence-corrected chi connectivity index (χ3v) is 8.06. The number of benzene rings is 4. The first-order chi connectivity index (χ1) is 15.6. The highest BCUT2D eigenvalue weighted by Crippen LogP contribution is 2.46. The second-order valence-corrected chi connectivity index (χ2v) is 9.64. The number of fused-ring (bicyclic) bond motifs is 6. The minimum Gasteiger partial charge on any atom is -0.103 e. The Morgan fingerprint density at radius 2 is 1.09 bits per heavy atom. The van der Waals surface area contributed by atoms with Gasteiger partial charge in [-0.2, -0.15) is 0 Å². The molecule has 0 heteroatoms. The van der Waals surface area contributed by atoms with Crippen LogP contribution in [0, 0.1) is 5.92 Å². The van der Waals surface area contributed by atoms with Gasteiger partial charge in [0.2, 0.25) is 0 Å². The average Bonchev–Trinajstić information content (AvgIpc) is 3.40. The normalized spacial score (nSPS) is 14.3. The van der Waals surface area contributed by atoms with E-state index in [2.05, 4.69) is 111 Å². The van der Waals surface area contributed by atoms with Crippen LogP contribution >= 0.6 is 0 Å². The van der Waals surface area contributed by atoms with Gasteiger partial charge in [-0.3, -0.25) is 0 Å². The molecule has 0 spiro atoms. The fourth-order valence-corrected chi connectivity index (χ4v) is 5.82. The van der Waals surface area contributed by atoms with Crippen LogP contribution in [-0.2, 0) is 18.3 Å². The summed E-state index contributed by atoms with van der Waals surface area (Å²) in [5.41, 5.74) is 13.9. The lowest BCUT2D eigenvalue weighted by Crippen LogP contribution is -2.31. The van der Waals surface area contributed by atoms with Crippen molar-refractivity contribution in [2.24, 2.45) is 5.92 Å². The quantitative estimate of drug-likeness (QED) is 0.258. The van der Waals surface area contributed by atoms with E-state index in [-0.39, 0.29) is 5.41 Å². The van der Waals surface area contributed by atoms with Crippen molar-refractivity contribution >= 4 is 0 Å². The first kappa shape index (κ1) is 19.3. The van der Waals surface area contributed by atoms with Crippen molar-refractivity contribution in [3.8, 4) is 22.3 Å². The zero-order valence-electron chi connectivity index (χ0n) is 18.9. The minimum absolute atomic E-state index is 0.152. The minimum atomic E-state index is -0.152. The Morgan fingerprint density at radius 3 is 1.56 bits per heavy atom. The van der Waals surface area contributed by atoms with E-state index in [0.717, 1.165) is 12.8 Å². The summed E-state index contributed by atoms with van der Waals surface area (Å²) in [6.45, 7) is 8.89. The van der Waals surface area contributed by atoms with Gasteiger partial charge in [-0.15, -0.1) is 6.58 Å². The van der Waals surface area contributed by atoms with Crippen molar-refractivity contribution in [1.82, 2.24) is 0 Å². The Labute approximate surface area is 191 Å². The molecular formula is C32H28. The van der Waals surface area contributed by atoms with E-state index in [9.17, 15) is 0 Å². The van der Waals surface area contributed by atoms with E-state index in [0.29, 0.717) is 5.92 Å². The summed E-state index contributed by atoms with van der Waals surface area (Å²) in [7, 11) is 0. The van der Waals surface area contributed by atoms with Crippen LogP contribution in [0.2, 0.25) is 0 Å². The van der Waals surface area contributed by atoms with E-state index in [1.165, 1.54) is 55.6 Å². The van der Waals surface area contributed by atoms with Gasteiger partial charge in [0.15, 0.2) is 0 Å². The van der Waals surface area contributed by atoms with Crippen LogP contribution in [0.25, 0.3) is 22.3 Å². The monoisotopic (exact) mass is 412 g/mol. The Balaban J connectivity index is 1.52. The van der Waals surface area contributed by atoms with Crippen molar-refractivity contribution in [2.75, 3.05) is 0 Å². The SMILES string of the molecule is C=CC(C)C(C)(c1ccc2c(c1)-c1ccccc1C2)c1ccc2c(c1)-c1ccccc1C2. The Kier molecular flexibility index (Phi) is 4.27. The molecule has 156 valence electrons. The summed E-state index contributed by atoms with van der Waals surface area (Å²) in [6.07, 6.45) is 4.19. The van der Waals surface area contributed by atoms with Gasteiger partial charge in [-0.1, -0.05) is 92.7 Å². The first-order valence-corrected chi connectivity index (χ1v) is 11.7. The fraction of sp³-hybridized carbons (Fsp3) is 0.188. The number of rotatable bonds is 4. The molecule has 0 aliphatic heterocycles. The van der Waals surface area contributed by atoms with Crippen molar-refractivity contribution < 1.29 is 0 Å². The van der Waals surface area contributed by atoms with E-state index >= 15 is 0 Å². The molecule has 0 fully saturated rings. The van der Waals surface area contributed by atoms with Gasteiger partial charge in [0.05, 0.1) is 0 Å². The number of allylic oxidation sites excluding steroid dienone is 1. The molecular weight excluding hydrogens is 384 g/mol. The zero-order valence-corrected chi connectivity index (χ0v) is 18.9. The fourth-order valence-electron chi connectivity index (χ4n) is 5.82. The van der Waals surface area contributed by atoms with Gasteiger partial charge in [0, 0.05) is 5.41 Å². The maximum Gasteiger partial charge on any atom is 0.0234 e. The van der Waals surface area contributed by atoms with Crippen LogP contribution in [0.5, 0.6) is 0 Å².